The van der Waals surface area contributed by atoms with Crippen LogP contribution in [0.1, 0.15) is 51.6 Å². The molecular formula is C19H33N5. The number of rotatable bonds is 6. The number of hydrogen-bond acceptors (Lipinski definition) is 3. The second-order valence-corrected chi connectivity index (χ2v) is 6.86. The standard InChI is InChI=1S/C19H33N5/c1-5-15-9-7-10-16(13-15)23-19(20-6-2)21-14-17-11-8-12-18(22-17)24(3)4/h8,11-12,15-16H,5-7,9-10,13-14H2,1-4H3,(H2,20,21,23). The number of nitrogens with one attached hydrogen (secondary N) is 2. The largest absolute Gasteiger partial charge is 0.363 e. The number of pyridine rings is 1. The Morgan fingerprint density at radius 2 is 2.12 bits per heavy atom. The first kappa shape index (κ1) is 18.6. The van der Waals surface area contributed by atoms with E-state index in [0.29, 0.717) is 12.6 Å². The lowest BCUT2D eigenvalue weighted by Gasteiger charge is -2.30. The predicted molar refractivity (Wildman–Crippen MR) is 103 cm³/mol. The Hall–Kier alpha value is -1.78. The molecule has 0 spiro atoms. The van der Waals surface area contributed by atoms with Crippen LogP contribution in [0.4, 0.5) is 5.82 Å². The monoisotopic (exact) mass is 331 g/mol. The fourth-order valence-corrected chi connectivity index (χ4v) is 3.27. The fourth-order valence-electron chi connectivity index (χ4n) is 3.27. The van der Waals surface area contributed by atoms with Crippen molar-refractivity contribution in [3.63, 3.8) is 0 Å². The average molecular weight is 332 g/mol. The number of anilines is 1. The highest BCUT2D eigenvalue weighted by Gasteiger charge is 2.21. The Morgan fingerprint density at radius 3 is 2.83 bits per heavy atom. The molecule has 1 aromatic rings. The van der Waals surface area contributed by atoms with Gasteiger partial charge >= 0.3 is 0 Å². The minimum atomic E-state index is 0.544. The third-order valence-corrected chi connectivity index (χ3v) is 4.69. The van der Waals surface area contributed by atoms with E-state index >= 15 is 0 Å². The molecule has 1 aliphatic carbocycles. The van der Waals surface area contributed by atoms with Crippen LogP contribution < -0.4 is 15.5 Å². The van der Waals surface area contributed by atoms with Crippen molar-refractivity contribution in [3.05, 3.63) is 23.9 Å². The molecule has 0 aliphatic heterocycles. The van der Waals surface area contributed by atoms with Crippen LogP contribution >= 0.6 is 0 Å². The zero-order chi connectivity index (χ0) is 17.4. The van der Waals surface area contributed by atoms with Crippen LogP contribution in [0.3, 0.4) is 0 Å². The van der Waals surface area contributed by atoms with Gasteiger partial charge in [0, 0.05) is 26.7 Å². The van der Waals surface area contributed by atoms with Crippen molar-refractivity contribution in [3.8, 4) is 0 Å². The van der Waals surface area contributed by atoms with Gasteiger partial charge in [0.1, 0.15) is 5.82 Å². The predicted octanol–water partition coefficient (Wildman–Crippen LogP) is 3.17. The van der Waals surface area contributed by atoms with Gasteiger partial charge in [-0.25, -0.2) is 9.98 Å². The SMILES string of the molecule is CCNC(=NCc1cccc(N(C)C)n1)NC1CCCC(CC)C1. The van der Waals surface area contributed by atoms with Crippen molar-refractivity contribution in [1.82, 2.24) is 15.6 Å². The van der Waals surface area contributed by atoms with Gasteiger partial charge in [0.2, 0.25) is 0 Å². The topological polar surface area (TPSA) is 52.6 Å². The Bertz CT molecular complexity index is 526. The normalized spacial score (nSPS) is 21.4. The van der Waals surface area contributed by atoms with Crippen molar-refractivity contribution in [2.45, 2.75) is 58.5 Å². The molecule has 0 aromatic carbocycles. The van der Waals surface area contributed by atoms with Gasteiger partial charge in [-0.3, -0.25) is 0 Å². The first-order valence-electron chi connectivity index (χ1n) is 9.30. The van der Waals surface area contributed by atoms with Gasteiger partial charge in [-0.1, -0.05) is 32.3 Å². The third-order valence-electron chi connectivity index (χ3n) is 4.69. The summed E-state index contributed by atoms with van der Waals surface area (Å²) >= 11 is 0. The van der Waals surface area contributed by atoms with Gasteiger partial charge in [0.05, 0.1) is 12.2 Å². The van der Waals surface area contributed by atoms with E-state index in [0.717, 1.165) is 29.9 Å². The molecule has 2 rings (SSSR count). The highest BCUT2D eigenvalue weighted by atomic mass is 15.2. The molecule has 2 atom stereocenters. The Labute approximate surface area is 147 Å². The molecule has 0 radical (unpaired) electrons. The smallest absolute Gasteiger partial charge is 0.191 e. The van der Waals surface area contributed by atoms with E-state index in [1.165, 1.54) is 32.1 Å². The van der Waals surface area contributed by atoms with Crippen molar-refractivity contribution in [2.75, 3.05) is 25.5 Å². The lowest BCUT2D eigenvalue weighted by Crippen LogP contribution is -2.45. The van der Waals surface area contributed by atoms with Gasteiger partial charge in [0.25, 0.3) is 0 Å². The Kier molecular flexibility index (Phi) is 7.35. The lowest BCUT2D eigenvalue weighted by atomic mass is 9.84. The van der Waals surface area contributed by atoms with E-state index in [1.807, 2.05) is 37.2 Å². The van der Waals surface area contributed by atoms with E-state index in [2.05, 4.69) is 29.5 Å². The highest BCUT2D eigenvalue weighted by molar-refractivity contribution is 5.80. The molecule has 5 heteroatoms. The number of aliphatic imine (C=N–C) groups is 1. The molecule has 5 nitrogen and oxygen atoms in total. The first-order chi connectivity index (χ1) is 11.6. The molecule has 1 heterocycles. The Balaban J connectivity index is 1.98. The van der Waals surface area contributed by atoms with Gasteiger partial charge < -0.3 is 15.5 Å². The van der Waals surface area contributed by atoms with E-state index in [4.69, 9.17) is 4.99 Å². The summed E-state index contributed by atoms with van der Waals surface area (Å²) in [7, 11) is 4.02. The van der Waals surface area contributed by atoms with Gasteiger partial charge in [-0.2, -0.15) is 0 Å². The van der Waals surface area contributed by atoms with Crippen molar-refractivity contribution in [1.29, 1.82) is 0 Å². The first-order valence-corrected chi connectivity index (χ1v) is 9.30. The molecule has 24 heavy (non-hydrogen) atoms. The average Bonchev–Trinajstić information content (AvgIpc) is 2.60. The second kappa shape index (κ2) is 9.50. The molecule has 1 fully saturated rings. The summed E-state index contributed by atoms with van der Waals surface area (Å²) in [4.78, 5) is 11.4. The molecular weight excluding hydrogens is 298 g/mol. The molecule has 2 unspecified atom stereocenters. The summed E-state index contributed by atoms with van der Waals surface area (Å²) in [6.07, 6.45) is 6.49. The summed E-state index contributed by atoms with van der Waals surface area (Å²) in [5.74, 6) is 2.74. The minimum Gasteiger partial charge on any atom is -0.363 e. The zero-order valence-electron chi connectivity index (χ0n) is 15.7. The van der Waals surface area contributed by atoms with E-state index in [-0.39, 0.29) is 0 Å². The maximum absolute atomic E-state index is 4.74. The number of aromatic nitrogens is 1. The van der Waals surface area contributed by atoms with Crippen LogP contribution in [-0.2, 0) is 6.54 Å². The maximum Gasteiger partial charge on any atom is 0.191 e. The summed E-state index contributed by atoms with van der Waals surface area (Å²) in [5.41, 5.74) is 0.994. The van der Waals surface area contributed by atoms with Crippen LogP contribution in [0.25, 0.3) is 0 Å². The van der Waals surface area contributed by atoms with Crippen LogP contribution in [0.2, 0.25) is 0 Å². The van der Waals surface area contributed by atoms with Gasteiger partial charge in [-0.05, 0) is 37.8 Å². The summed E-state index contributed by atoms with van der Waals surface area (Å²) in [6.45, 7) is 5.88. The van der Waals surface area contributed by atoms with E-state index in [1.54, 1.807) is 0 Å². The number of hydrogen-bond donors (Lipinski definition) is 2. The van der Waals surface area contributed by atoms with Crippen LogP contribution in [0, 0.1) is 5.92 Å². The summed E-state index contributed by atoms with van der Waals surface area (Å²) < 4.78 is 0. The maximum atomic E-state index is 4.74. The summed E-state index contributed by atoms with van der Waals surface area (Å²) in [6, 6.07) is 6.64. The quantitative estimate of drug-likeness (QED) is 0.621. The molecule has 0 saturated heterocycles. The molecule has 1 aliphatic rings. The van der Waals surface area contributed by atoms with Crippen molar-refractivity contribution < 1.29 is 0 Å². The van der Waals surface area contributed by atoms with E-state index < -0.39 is 0 Å². The highest BCUT2D eigenvalue weighted by Crippen LogP contribution is 2.26. The van der Waals surface area contributed by atoms with Gasteiger partial charge in [0.15, 0.2) is 5.96 Å². The third kappa shape index (κ3) is 5.69. The molecule has 1 saturated carbocycles. The van der Waals surface area contributed by atoms with Gasteiger partial charge in [-0.15, -0.1) is 0 Å². The summed E-state index contributed by atoms with van der Waals surface area (Å²) in [5, 5.41) is 7.00. The molecule has 134 valence electrons. The van der Waals surface area contributed by atoms with E-state index in [9.17, 15) is 0 Å². The van der Waals surface area contributed by atoms with Crippen molar-refractivity contribution in [2.24, 2.45) is 10.9 Å². The lowest BCUT2D eigenvalue weighted by molar-refractivity contribution is 0.298. The molecule has 2 N–H and O–H groups in total. The van der Waals surface area contributed by atoms with Crippen LogP contribution in [-0.4, -0.2) is 37.6 Å². The second-order valence-electron chi connectivity index (χ2n) is 6.86. The van der Waals surface area contributed by atoms with Crippen LogP contribution in [0.15, 0.2) is 23.2 Å². The Morgan fingerprint density at radius 1 is 1.29 bits per heavy atom. The minimum absolute atomic E-state index is 0.544. The fraction of sp³-hybridized carbons (Fsp3) is 0.684. The molecule has 0 bridgehead atoms. The number of nitrogens with zero attached hydrogens (tertiary/aromatic N) is 3. The van der Waals surface area contributed by atoms with Crippen LogP contribution in [0.5, 0.6) is 0 Å². The van der Waals surface area contributed by atoms with Crippen molar-refractivity contribution >= 4 is 11.8 Å². The molecule has 1 aromatic heterocycles. The number of guanidine groups is 1. The molecule has 0 amide bonds. The zero-order valence-corrected chi connectivity index (χ0v) is 15.7.